The molecular weight excluding hydrogens is 450 g/mol. The van der Waals surface area contributed by atoms with Crippen molar-refractivity contribution < 1.29 is 19.0 Å². The van der Waals surface area contributed by atoms with E-state index in [9.17, 15) is 4.79 Å². The molecule has 2 heterocycles. The Labute approximate surface area is 201 Å². The fraction of sp³-hybridized carbons (Fsp3) is 0.192. The topological polar surface area (TPSA) is 75.5 Å². The first kappa shape index (κ1) is 22.0. The number of carbonyl (C=O) groups is 1. The zero-order chi connectivity index (χ0) is 23.3. The van der Waals surface area contributed by atoms with Gasteiger partial charge in [-0.2, -0.15) is 0 Å². The van der Waals surface area contributed by atoms with E-state index in [-0.39, 0.29) is 12.6 Å². The van der Waals surface area contributed by atoms with Crippen LogP contribution in [0.15, 0.2) is 78.0 Å². The number of thioether (sulfide) groups is 1. The minimum Gasteiger partial charge on any atom is -0.492 e. The third-order valence-electron chi connectivity index (χ3n) is 5.36. The molecule has 0 spiro atoms. The molecule has 0 atom stereocenters. The fourth-order valence-corrected chi connectivity index (χ4v) is 4.48. The molecule has 0 unspecified atom stereocenters. The molecule has 1 aliphatic heterocycles. The summed E-state index contributed by atoms with van der Waals surface area (Å²) in [5.41, 5.74) is 2.65. The predicted molar refractivity (Wildman–Crippen MR) is 130 cm³/mol. The smallest absolute Gasteiger partial charge is 0.231 e. The highest BCUT2D eigenvalue weighted by Gasteiger charge is 2.18. The van der Waals surface area contributed by atoms with Crippen molar-refractivity contribution >= 4 is 17.5 Å². The number of hydrogen-bond acceptors (Lipinski definition) is 7. The lowest BCUT2D eigenvalue weighted by Crippen LogP contribution is -2.07. The van der Waals surface area contributed by atoms with E-state index in [1.165, 1.54) is 0 Å². The molecule has 0 N–H and O–H groups in total. The molecule has 4 aromatic rings. The largest absolute Gasteiger partial charge is 0.492 e. The minimum atomic E-state index is -0.0146. The van der Waals surface area contributed by atoms with E-state index < -0.39 is 0 Å². The van der Waals surface area contributed by atoms with Gasteiger partial charge in [0, 0.05) is 11.3 Å². The second-order valence-corrected chi connectivity index (χ2v) is 8.76. The van der Waals surface area contributed by atoms with Crippen molar-refractivity contribution in [2.75, 3.05) is 19.2 Å². The first-order valence-corrected chi connectivity index (χ1v) is 11.9. The van der Waals surface area contributed by atoms with Gasteiger partial charge in [-0.05, 0) is 36.8 Å². The molecule has 0 radical (unpaired) electrons. The van der Waals surface area contributed by atoms with Crippen LogP contribution in [0, 0.1) is 0 Å². The Balaban J connectivity index is 1.34. The van der Waals surface area contributed by atoms with E-state index in [0.29, 0.717) is 30.2 Å². The summed E-state index contributed by atoms with van der Waals surface area (Å²) in [5, 5.41) is 9.73. The van der Waals surface area contributed by atoms with E-state index in [1.54, 1.807) is 24.8 Å². The summed E-state index contributed by atoms with van der Waals surface area (Å²) in [6.07, 6.45) is 0. The molecule has 0 bridgehead atoms. The molecule has 0 amide bonds. The van der Waals surface area contributed by atoms with Gasteiger partial charge in [-0.1, -0.05) is 60.3 Å². The van der Waals surface area contributed by atoms with E-state index >= 15 is 0 Å². The van der Waals surface area contributed by atoms with Gasteiger partial charge in [0.15, 0.2) is 28.3 Å². The van der Waals surface area contributed by atoms with Crippen LogP contribution in [0.2, 0.25) is 0 Å². The van der Waals surface area contributed by atoms with Crippen LogP contribution >= 0.6 is 11.8 Å². The zero-order valence-electron chi connectivity index (χ0n) is 18.6. The monoisotopic (exact) mass is 473 g/mol. The maximum absolute atomic E-state index is 11.8. The Bertz CT molecular complexity index is 1310. The van der Waals surface area contributed by atoms with Crippen molar-refractivity contribution in [3.05, 3.63) is 83.9 Å². The van der Waals surface area contributed by atoms with Crippen molar-refractivity contribution in [2.45, 2.75) is 18.6 Å². The normalized spacial score (nSPS) is 12.0. The molecule has 0 saturated carbocycles. The third-order valence-corrected chi connectivity index (χ3v) is 6.30. The summed E-state index contributed by atoms with van der Waals surface area (Å²) in [6, 6.07) is 23.2. The molecular formula is C26H23N3O4S. The molecule has 172 valence electrons. The number of para-hydroxylation sites is 1. The highest BCUT2D eigenvalue weighted by atomic mass is 32.2. The lowest BCUT2D eigenvalue weighted by atomic mass is 10.1. The van der Waals surface area contributed by atoms with E-state index in [2.05, 4.69) is 14.8 Å². The first-order valence-electron chi connectivity index (χ1n) is 10.9. The molecule has 3 aromatic carbocycles. The van der Waals surface area contributed by atoms with Gasteiger partial charge in [0.05, 0.1) is 18.7 Å². The lowest BCUT2D eigenvalue weighted by Gasteiger charge is -2.12. The number of ether oxygens (including phenoxy) is 3. The summed E-state index contributed by atoms with van der Waals surface area (Å²) in [6.45, 7) is 2.81. The van der Waals surface area contributed by atoms with Gasteiger partial charge < -0.3 is 14.2 Å². The van der Waals surface area contributed by atoms with Gasteiger partial charge in [0.2, 0.25) is 6.79 Å². The number of hydrogen-bond donors (Lipinski definition) is 0. The number of rotatable bonds is 9. The van der Waals surface area contributed by atoms with Crippen molar-refractivity contribution in [1.29, 1.82) is 0 Å². The van der Waals surface area contributed by atoms with Gasteiger partial charge >= 0.3 is 0 Å². The molecule has 5 rings (SSSR count). The molecule has 0 fully saturated rings. The van der Waals surface area contributed by atoms with Crippen LogP contribution in [-0.4, -0.2) is 39.7 Å². The second-order valence-electron chi connectivity index (χ2n) is 7.70. The van der Waals surface area contributed by atoms with Crippen LogP contribution in [0.1, 0.15) is 22.8 Å². The van der Waals surface area contributed by atoms with Crippen molar-refractivity contribution in [2.24, 2.45) is 0 Å². The van der Waals surface area contributed by atoms with Crippen LogP contribution < -0.4 is 14.2 Å². The van der Waals surface area contributed by atoms with Crippen LogP contribution in [0.3, 0.4) is 0 Å². The molecule has 1 aromatic heterocycles. The van der Waals surface area contributed by atoms with E-state index in [0.717, 1.165) is 33.6 Å². The maximum Gasteiger partial charge on any atom is 0.231 e. The van der Waals surface area contributed by atoms with Gasteiger partial charge in [-0.3, -0.25) is 9.36 Å². The van der Waals surface area contributed by atoms with Crippen molar-refractivity contribution in [1.82, 2.24) is 14.8 Å². The average Bonchev–Trinajstić information content (AvgIpc) is 3.49. The molecule has 0 aliphatic carbocycles. The van der Waals surface area contributed by atoms with Crippen LogP contribution in [0.25, 0.3) is 11.4 Å². The predicted octanol–water partition coefficient (Wildman–Crippen LogP) is 5.10. The van der Waals surface area contributed by atoms with Crippen LogP contribution in [-0.2, 0) is 6.54 Å². The van der Waals surface area contributed by atoms with Crippen molar-refractivity contribution in [3.8, 4) is 28.6 Å². The van der Waals surface area contributed by atoms with Gasteiger partial charge in [-0.25, -0.2) is 0 Å². The Morgan fingerprint density at radius 2 is 1.79 bits per heavy atom. The van der Waals surface area contributed by atoms with Gasteiger partial charge in [0.1, 0.15) is 5.75 Å². The van der Waals surface area contributed by atoms with E-state index in [1.807, 2.05) is 66.7 Å². The molecule has 1 aliphatic rings. The van der Waals surface area contributed by atoms with Crippen molar-refractivity contribution in [3.63, 3.8) is 0 Å². The Hall–Kier alpha value is -3.78. The summed E-state index contributed by atoms with van der Waals surface area (Å²) in [5.74, 6) is 3.54. The summed E-state index contributed by atoms with van der Waals surface area (Å²) < 4.78 is 19.0. The Morgan fingerprint density at radius 1 is 1.00 bits per heavy atom. The first-order chi connectivity index (χ1) is 16.7. The Morgan fingerprint density at radius 3 is 2.65 bits per heavy atom. The standard InChI is InChI=1S/C26H23N3O4S/c1-18(30)21-9-5-6-10-22(21)31-13-14-34-26-28-27-25(20-7-3-2-4-8-20)29(26)16-19-11-12-23-24(15-19)33-17-32-23/h2-12,15H,13-14,16-17H2,1H3. The van der Waals surface area contributed by atoms with Gasteiger partial charge in [-0.15, -0.1) is 10.2 Å². The van der Waals surface area contributed by atoms with Crippen LogP contribution in [0.4, 0.5) is 0 Å². The summed E-state index contributed by atoms with van der Waals surface area (Å²) in [4.78, 5) is 11.8. The zero-order valence-corrected chi connectivity index (χ0v) is 19.5. The molecule has 8 heteroatoms. The SMILES string of the molecule is CC(=O)c1ccccc1OCCSc1nnc(-c2ccccc2)n1Cc1ccc2c(c1)OCO2. The lowest BCUT2D eigenvalue weighted by molar-refractivity contribution is 0.101. The Kier molecular flexibility index (Phi) is 6.49. The summed E-state index contributed by atoms with van der Waals surface area (Å²) >= 11 is 1.56. The number of Topliss-reactive ketones (excluding diaryl/α,β-unsaturated/α-hetero) is 1. The molecule has 0 saturated heterocycles. The number of aromatic nitrogens is 3. The number of nitrogens with zero attached hydrogens (tertiary/aromatic N) is 3. The molecule has 34 heavy (non-hydrogen) atoms. The molecule has 7 nitrogen and oxygen atoms in total. The number of fused-ring (bicyclic) bond motifs is 1. The van der Waals surface area contributed by atoms with Gasteiger partial charge in [0.25, 0.3) is 0 Å². The number of benzene rings is 3. The second kappa shape index (κ2) is 10.0. The average molecular weight is 474 g/mol. The fourth-order valence-electron chi connectivity index (χ4n) is 3.73. The minimum absolute atomic E-state index is 0.0146. The van der Waals surface area contributed by atoms with Crippen LogP contribution in [0.5, 0.6) is 17.2 Å². The highest BCUT2D eigenvalue weighted by Crippen LogP contribution is 2.33. The number of carbonyl (C=O) groups excluding carboxylic acids is 1. The number of ketones is 1. The highest BCUT2D eigenvalue weighted by molar-refractivity contribution is 7.99. The summed E-state index contributed by atoms with van der Waals surface area (Å²) in [7, 11) is 0. The third kappa shape index (κ3) is 4.77. The van der Waals surface area contributed by atoms with E-state index in [4.69, 9.17) is 14.2 Å². The maximum atomic E-state index is 11.8. The quantitative estimate of drug-likeness (QED) is 0.190.